The fourth-order valence-electron chi connectivity index (χ4n) is 1.97. The van der Waals surface area contributed by atoms with Crippen LogP contribution in [0, 0.1) is 11.3 Å². The molecular formula is C15H22N2. The molecule has 1 unspecified atom stereocenters. The van der Waals surface area contributed by atoms with E-state index in [9.17, 15) is 0 Å². The van der Waals surface area contributed by atoms with Gasteiger partial charge in [-0.3, -0.25) is 4.99 Å². The number of aliphatic imine (C=N–C) groups is 1. The summed E-state index contributed by atoms with van der Waals surface area (Å²) in [7, 11) is 0. The first-order valence-corrected chi connectivity index (χ1v) is 6.29. The van der Waals surface area contributed by atoms with Gasteiger partial charge in [-0.05, 0) is 31.9 Å². The first-order valence-electron chi connectivity index (χ1n) is 6.29. The van der Waals surface area contributed by atoms with Gasteiger partial charge in [-0.15, -0.1) is 0 Å². The molecule has 2 rings (SSSR count). The van der Waals surface area contributed by atoms with E-state index in [1.807, 2.05) is 6.21 Å². The maximum Gasteiger partial charge on any atom is 0.0855 e. The van der Waals surface area contributed by atoms with E-state index in [1.54, 1.807) is 0 Å². The van der Waals surface area contributed by atoms with Crippen molar-refractivity contribution in [2.75, 3.05) is 0 Å². The Kier molecular flexibility index (Phi) is 2.76. The molecule has 0 amide bonds. The molecule has 92 valence electrons. The lowest BCUT2D eigenvalue weighted by molar-refractivity contribution is 0.383. The molecule has 1 N–H and O–H groups in total. The molecule has 2 heteroatoms. The molecule has 0 fully saturated rings. The molecule has 0 radical (unpaired) electrons. The standard InChI is InChI=1S/C15H22N2/c1-11(2)15(5)8-6-12-13(7-9-15)17-14(3,4)10-16-12/h6-11,17H,1-5H3. The number of rotatable bonds is 1. The summed E-state index contributed by atoms with van der Waals surface area (Å²) in [5.41, 5.74) is 2.21. The highest BCUT2D eigenvalue weighted by atomic mass is 15.0. The van der Waals surface area contributed by atoms with E-state index in [0.717, 1.165) is 11.4 Å². The van der Waals surface area contributed by atoms with Gasteiger partial charge in [0.05, 0.1) is 16.9 Å². The minimum atomic E-state index is -0.0599. The van der Waals surface area contributed by atoms with E-state index in [0.29, 0.717) is 5.92 Å². The smallest absolute Gasteiger partial charge is 0.0855 e. The molecule has 0 spiro atoms. The Morgan fingerprint density at radius 3 is 2.41 bits per heavy atom. The lowest BCUT2D eigenvalue weighted by Gasteiger charge is -2.28. The third-order valence-corrected chi connectivity index (χ3v) is 3.71. The number of nitrogens with zero attached hydrogens (tertiary/aromatic N) is 1. The van der Waals surface area contributed by atoms with Crippen molar-refractivity contribution < 1.29 is 0 Å². The second-order valence-electron chi connectivity index (χ2n) is 6.09. The predicted molar refractivity (Wildman–Crippen MR) is 74.0 cm³/mol. The molecule has 1 aliphatic heterocycles. The average Bonchev–Trinajstić information content (AvgIpc) is 2.38. The molecule has 1 heterocycles. The van der Waals surface area contributed by atoms with Crippen molar-refractivity contribution in [3.8, 4) is 0 Å². The fraction of sp³-hybridized carbons (Fsp3) is 0.533. The highest BCUT2D eigenvalue weighted by Gasteiger charge is 2.26. The minimum absolute atomic E-state index is 0.0599. The second-order valence-corrected chi connectivity index (χ2v) is 6.09. The van der Waals surface area contributed by atoms with Crippen molar-refractivity contribution in [3.05, 3.63) is 35.7 Å². The molecule has 1 atom stereocenters. The fourth-order valence-corrected chi connectivity index (χ4v) is 1.97. The summed E-state index contributed by atoms with van der Waals surface area (Å²) in [6.07, 6.45) is 10.8. The van der Waals surface area contributed by atoms with E-state index >= 15 is 0 Å². The predicted octanol–water partition coefficient (Wildman–Crippen LogP) is 3.44. The first kappa shape index (κ1) is 12.2. The van der Waals surface area contributed by atoms with Crippen LogP contribution in [0.15, 0.2) is 40.7 Å². The van der Waals surface area contributed by atoms with Gasteiger partial charge in [-0.25, -0.2) is 0 Å². The lowest BCUT2D eigenvalue weighted by Crippen LogP contribution is -2.42. The van der Waals surface area contributed by atoms with Crippen LogP contribution in [0.5, 0.6) is 0 Å². The van der Waals surface area contributed by atoms with Gasteiger partial charge >= 0.3 is 0 Å². The van der Waals surface area contributed by atoms with Crippen molar-refractivity contribution >= 4 is 6.21 Å². The molecule has 0 bridgehead atoms. The zero-order chi connectivity index (χ0) is 12.7. The Labute approximate surface area is 104 Å². The van der Waals surface area contributed by atoms with Crippen molar-refractivity contribution in [2.24, 2.45) is 16.3 Å². The van der Waals surface area contributed by atoms with Crippen LogP contribution in [0.1, 0.15) is 34.6 Å². The van der Waals surface area contributed by atoms with Crippen LogP contribution in [-0.2, 0) is 0 Å². The summed E-state index contributed by atoms with van der Waals surface area (Å²) in [6, 6.07) is 0. The average molecular weight is 230 g/mol. The van der Waals surface area contributed by atoms with Gasteiger partial charge in [-0.2, -0.15) is 0 Å². The minimum Gasteiger partial charge on any atom is -0.373 e. The molecule has 0 aromatic rings. The normalized spacial score (nSPS) is 30.2. The van der Waals surface area contributed by atoms with E-state index < -0.39 is 0 Å². The summed E-state index contributed by atoms with van der Waals surface area (Å²) in [5, 5.41) is 3.50. The van der Waals surface area contributed by atoms with Crippen LogP contribution < -0.4 is 5.32 Å². The second kappa shape index (κ2) is 3.86. The van der Waals surface area contributed by atoms with Gasteiger partial charge in [-0.1, -0.05) is 32.9 Å². The van der Waals surface area contributed by atoms with Crippen LogP contribution >= 0.6 is 0 Å². The molecule has 0 aromatic carbocycles. The van der Waals surface area contributed by atoms with E-state index in [4.69, 9.17) is 0 Å². The van der Waals surface area contributed by atoms with Crippen molar-refractivity contribution in [2.45, 2.75) is 40.2 Å². The van der Waals surface area contributed by atoms with Crippen LogP contribution in [-0.4, -0.2) is 11.8 Å². The Bertz CT molecular complexity index is 436. The van der Waals surface area contributed by atoms with Gasteiger partial charge in [0, 0.05) is 11.6 Å². The molecule has 0 aromatic heterocycles. The summed E-state index contributed by atoms with van der Waals surface area (Å²) in [5.74, 6) is 0.577. The van der Waals surface area contributed by atoms with Crippen molar-refractivity contribution in [1.29, 1.82) is 0 Å². The highest BCUT2D eigenvalue weighted by molar-refractivity contribution is 5.73. The maximum absolute atomic E-state index is 4.54. The Balaban J connectivity index is 2.35. The number of nitrogens with one attached hydrogen (secondary N) is 1. The van der Waals surface area contributed by atoms with E-state index in [2.05, 4.69) is 69.2 Å². The van der Waals surface area contributed by atoms with Crippen LogP contribution in [0.4, 0.5) is 0 Å². The largest absolute Gasteiger partial charge is 0.373 e. The quantitative estimate of drug-likeness (QED) is 0.733. The number of hydrogen-bond donors (Lipinski definition) is 1. The van der Waals surface area contributed by atoms with Crippen LogP contribution in [0.2, 0.25) is 0 Å². The van der Waals surface area contributed by atoms with Gasteiger partial charge < -0.3 is 5.32 Å². The zero-order valence-corrected chi connectivity index (χ0v) is 11.4. The SMILES string of the molecule is CC(C)C1(C)C=CC2=C(C=C1)NC(C)(C)C=N2. The van der Waals surface area contributed by atoms with Crippen LogP contribution in [0.3, 0.4) is 0 Å². The van der Waals surface area contributed by atoms with E-state index in [1.165, 1.54) is 0 Å². The van der Waals surface area contributed by atoms with Gasteiger partial charge in [0.2, 0.25) is 0 Å². The Morgan fingerprint density at radius 2 is 1.76 bits per heavy atom. The Morgan fingerprint density at radius 1 is 1.12 bits per heavy atom. The highest BCUT2D eigenvalue weighted by Crippen LogP contribution is 2.34. The zero-order valence-electron chi connectivity index (χ0n) is 11.4. The van der Waals surface area contributed by atoms with E-state index in [-0.39, 0.29) is 11.0 Å². The molecule has 1 aliphatic carbocycles. The maximum atomic E-state index is 4.54. The van der Waals surface area contributed by atoms with Crippen molar-refractivity contribution in [1.82, 2.24) is 5.32 Å². The third-order valence-electron chi connectivity index (χ3n) is 3.71. The summed E-state index contributed by atoms with van der Waals surface area (Å²) >= 11 is 0. The molecular weight excluding hydrogens is 208 g/mol. The molecule has 0 saturated carbocycles. The Hall–Kier alpha value is -1.31. The van der Waals surface area contributed by atoms with Gasteiger partial charge in [0.15, 0.2) is 0 Å². The summed E-state index contributed by atoms with van der Waals surface area (Å²) in [6.45, 7) is 11.0. The van der Waals surface area contributed by atoms with Gasteiger partial charge in [0.1, 0.15) is 0 Å². The topological polar surface area (TPSA) is 24.4 Å². The van der Waals surface area contributed by atoms with Crippen molar-refractivity contribution in [3.63, 3.8) is 0 Å². The molecule has 2 aliphatic rings. The molecule has 17 heavy (non-hydrogen) atoms. The lowest BCUT2D eigenvalue weighted by atomic mass is 9.79. The molecule has 0 saturated heterocycles. The van der Waals surface area contributed by atoms with Gasteiger partial charge in [0.25, 0.3) is 0 Å². The number of hydrogen-bond acceptors (Lipinski definition) is 2. The molecule has 2 nitrogen and oxygen atoms in total. The number of allylic oxidation sites excluding steroid dienone is 4. The summed E-state index contributed by atoms with van der Waals surface area (Å²) in [4.78, 5) is 4.54. The summed E-state index contributed by atoms with van der Waals surface area (Å²) < 4.78 is 0. The monoisotopic (exact) mass is 230 g/mol. The first-order chi connectivity index (χ1) is 7.82. The third kappa shape index (κ3) is 2.36. The van der Waals surface area contributed by atoms with Crippen LogP contribution in [0.25, 0.3) is 0 Å².